The number of hydrogen-bond acceptors (Lipinski definition) is 6. The van der Waals surface area contributed by atoms with Crippen LogP contribution in [0.5, 0.6) is 0 Å². The van der Waals surface area contributed by atoms with E-state index in [9.17, 15) is 4.79 Å². The van der Waals surface area contributed by atoms with E-state index in [1.165, 1.54) is 0 Å². The minimum atomic E-state index is -0.501. The van der Waals surface area contributed by atoms with Gasteiger partial charge < -0.3 is 10.5 Å². The predicted octanol–water partition coefficient (Wildman–Crippen LogP) is 0.889. The van der Waals surface area contributed by atoms with Gasteiger partial charge >= 0.3 is 5.97 Å². The van der Waals surface area contributed by atoms with Crippen molar-refractivity contribution >= 4 is 17.4 Å². The highest BCUT2D eigenvalue weighted by molar-refractivity contribution is 5.96. The number of rotatable bonds is 3. The van der Waals surface area contributed by atoms with E-state index in [2.05, 4.69) is 15.1 Å². The number of anilines is 1. The molecule has 0 radical (unpaired) electrons. The number of carbonyl (C=O) groups is 1. The number of ether oxygens (including phenoxy) is 1. The van der Waals surface area contributed by atoms with Gasteiger partial charge in [0.15, 0.2) is 17.2 Å². The monoisotopic (exact) mass is 286 g/mol. The summed E-state index contributed by atoms with van der Waals surface area (Å²) in [5.74, 6) is -0.252. The average molecular weight is 286 g/mol. The maximum Gasteiger partial charge on any atom is 0.359 e. The molecule has 3 rings (SSSR count). The number of nitrogens with zero attached hydrogens (tertiary/aromatic N) is 5. The first-order valence-corrected chi connectivity index (χ1v) is 6.40. The van der Waals surface area contributed by atoms with E-state index in [-0.39, 0.29) is 18.1 Å². The molecule has 3 aromatic heterocycles. The molecule has 0 aliphatic heterocycles. The molecule has 0 saturated carbocycles. The van der Waals surface area contributed by atoms with Crippen molar-refractivity contribution in [1.82, 2.24) is 24.1 Å². The van der Waals surface area contributed by atoms with Gasteiger partial charge in [0.25, 0.3) is 0 Å². The van der Waals surface area contributed by atoms with Crippen molar-refractivity contribution in [2.24, 2.45) is 7.05 Å². The van der Waals surface area contributed by atoms with Gasteiger partial charge in [0.2, 0.25) is 0 Å². The second-order valence-electron chi connectivity index (χ2n) is 4.44. The zero-order valence-electron chi connectivity index (χ0n) is 11.6. The minimum Gasteiger partial charge on any atom is -0.461 e. The molecule has 0 bridgehead atoms. The lowest BCUT2D eigenvalue weighted by Gasteiger charge is -2.02. The number of nitrogen functional groups attached to an aromatic ring is 1. The summed E-state index contributed by atoms with van der Waals surface area (Å²) in [4.78, 5) is 20.4. The summed E-state index contributed by atoms with van der Waals surface area (Å²) in [5, 5.41) is 4.12. The summed E-state index contributed by atoms with van der Waals surface area (Å²) in [6.07, 6.45) is 6.70. The van der Waals surface area contributed by atoms with E-state index >= 15 is 0 Å². The SMILES string of the molecule is CCOC(=O)c1nc2c(N)nccn2c1-c1cnn(C)c1. The number of carbonyl (C=O) groups excluding carboxylic acids is 1. The molecule has 0 atom stereocenters. The number of hydrogen-bond donors (Lipinski definition) is 1. The van der Waals surface area contributed by atoms with Crippen molar-refractivity contribution in [2.45, 2.75) is 6.92 Å². The van der Waals surface area contributed by atoms with Crippen LogP contribution in [0.2, 0.25) is 0 Å². The number of esters is 1. The molecule has 0 saturated heterocycles. The Morgan fingerprint density at radius 2 is 2.29 bits per heavy atom. The van der Waals surface area contributed by atoms with Crippen LogP contribution in [0.4, 0.5) is 5.82 Å². The van der Waals surface area contributed by atoms with Crippen LogP contribution in [0.1, 0.15) is 17.4 Å². The first kappa shape index (κ1) is 13.1. The summed E-state index contributed by atoms with van der Waals surface area (Å²) in [5.41, 5.74) is 7.78. The van der Waals surface area contributed by atoms with Crippen molar-refractivity contribution in [3.63, 3.8) is 0 Å². The molecule has 0 aliphatic carbocycles. The molecule has 0 aliphatic rings. The minimum absolute atomic E-state index is 0.199. The number of fused-ring (bicyclic) bond motifs is 1. The van der Waals surface area contributed by atoms with Gasteiger partial charge in [-0.05, 0) is 6.92 Å². The van der Waals surface area contributed by atoms with Gasteiger partial charge in [0.1, 0.15) is 0 Å². The Bertz CT molecular complexity index is 819. The summed E-state index contributed by atoms with van der Waals surface area (Å²) in [6.45, 7) is 2.01. The quantitative estimate of drug-likeness (QED) is 0.718. The van der Waals surface area contributed by atoms with E-state index in [0.717, 1.165) is 5.56 Å². The van der Waals surface area contributed by atoms with Crippen LogP contribution in [-0.4, -0.2) is 36.7 Å². The number of aryl methyl sites for hydroxylation is 1. The maximum atomic E-state index is 12.1. The molecule has 3 heterocycles. The van der Waals surface area contributed by atoms with Gasteiger partial charge in [-0.1, -0.05) is 0 Å². The fourth-order valence-electron chi connectivity index (χ4n) is 2.16. The Morgan fingerprint density at radius 1 is 1.48 bits per heavy atom. The van der Waals surface area contributed by atoms with E-state index in [4.69, 9.17) is 10.5 Å². The number of aromatic nitrogens is 5. The number of imidazole rings is 1. The van der Waals surface area contributed by atoms with Crippen molar-refractivity contribution in [1.29, 1.82) is 0 Å². The normalized spacial score (nSPS) is 11.0. The largest absolute Gasteiger partial charge is 0.461 e. The average Bonchev–Trinajstić information content (AvgIpc) is 3.03. The highest BCUT2D eigenvalue weighted by Gasteiger charge is 2.23. The Morgan fingerprint density at radius 3 is 2.95 bits per heavy atom. The number of nitrogens with two attached hydrogens (primary N) is 1. The molecular weight excluding hydrogens is 272 g/mol. The molecule has 0 fully saturated rings. The Balaban J connectivity index is 2.30. The van der Waals surface area contributed by atoms with Crippen LogP contribution in [0.25, 0.3) is 16.9 Å². The molecule has 3 aromatic rings. The summed E-state index contributed by atoms with van der Waals surface area (Å²) in [7, 11) is 1.80. The van der Waals surface area contributed by atoms with Crippen LogP contribution >= 0.6 is 0 Å². The van der Waals surface area contributed by atoms with Crippen molar-refractivity contribution in [3.05, 3.63) is 30.5 Å². The van der Waals surface area contributed by atoms with Crippen LogP contribution < -0.4 is 5.73 Å². The lowest BCUT2D eigenvalue weighted by Crippen LogP contribution is -2.06. The van der Waals surface area contributed by atoms with Gasteiger partial charge in [-0.25, -0.2) is 14.8 Å². The topological polar surface area (TPSA) is 100 Å². The molecule has 0 amide bonds. The van der Waals surface area contributed by atoms with Gasteiger partial charge in [-0.2, -0.15) is 5.10 Å². The molecule has 0 aromatic carbocycles. The smallest absolute Gasteiger partial charge is 0.359 e. The second kappa shape index (κ2) is 4.89. The van der Waals surface area contributed by atoms with Gasteiger partial charge in [0, 0.05) is 31.2 Å². The Kier molecular flexibility index (Phi) is 3.05. The van der Waals surface area contributed by atoms with Crippen molar-refractivity contribution < 1.29 is 9.53 Å². The third kappa shape index (κ3) is 2.10. The van der Waals surface area contributed by atoms with Crippen molar-refractivity contribution in [2.75, 3.05) is 12.3 Å². The fraction of sp³-hybridized carbons (Fsp3) is 0.231. The molecule has 21 heavy (non-hydrogen) atoms. The molecule has 2 N–H and O–H groups in total. The second-order valence-corrected chi connectivity index (χ2v) is 4.44. The summed E-state index contributed by atoms with van der Waals surface area (Å²) >= 11 is 0. The zero-order valence-corrected chi connectivity index (χ0v) is 11.6. The molecule has 0 unspecified atom stereocenters. The van der Waals surface area contributed by atoms with Gasteiger partial charge in [-0.3, -0.25) is 9.08 Å². The van der Waals surface area contributed by atoms with Gasteiger partial charge in [0.05, 0.1) is 18.5 Å². The molecule has 108 valence electrons. The van der Waals surface area contributed by atoms with Crippen LogP contribution in [0, 0.1) is 0 Å². The van der Waals surface area contributed by atoms with E-state index in [1.807, 2.05) is 0 Å². The highest BCUT2D eigenvalue weighted by atomic mass is 16.5. The first-order valence-electron chi connectivity index (χ1n) is 6.40. The van der Waals surface area contributed by atoms with Crippen molar-refractivity contribution in [3.8, 4) is 11.3 Å². The van der Waals surface area contributed by atoms with Crippen LogP contribution in [0.15, 0.2) is 24.8 Å². The van der Waals surface area contributed by atoms with Gasteiger partial charge in [-0.15, -0.1) is 0 Å². The predicted molar refractivity (Wildman–Crippen MR) is 75.6 cm³/mol. The highest BCUT2D eigenvalue weighted by Crippen LogP contribution is 2.26. The summed E-state index contributed by atoms with van der Waals surface area (Å²) < 4.78 is 8.42. The molecule has 8 heteroatoms. The third-order valence-corrected chi connectivity index (χ3v) is 3.02. The fourth-order valence-corrected chi connectivity index (χ4v) is 2.16. The molecular formula is C13H14N6O2. The lowest BCUT2D eigenvalue weighted by atomic mass is 10.2. The third-order valence-electron chi connectivity index (χ3n) is 3.02. The Labute approximate surface area is 120 Å². The lowest BCUT2D eigenvalue weighted by molar-refractivity contribution is 0.0521. The first-order chi connectivity index (χ1) is 10.1. The van der Waals surface area contributed by atoms with Crippen LogP contribution in [0.3, 0.4) is 0 Å². The summed E-state index contributed by atoms with van der Waals surface area (Å²) in [6, 6.07) is 0. The van der Waals surface area contributed by atoms with E-state index in [0.29, 0.717) is 11.3 Å². The zero-order chi connectivity index (χ0) is 15.0. The van der Waals surface area contributed by atoms with E-state index in [1.54, 1.807) is 47.8 Å². The molecule has 0 spiro atoms. The molecule has 8 nitrogen and oxygen atoms in total. The Hall–Kier alpha value is -2.90. The standard InChI is InChI=1S/C13H14N6O2/c1-3-21-13(20)9-10(8-6-16-18(2)7-8)19-5-4-15-11(14)12(19)17-9/h4-7H,3H2,1-2H3,(H2,14,15). The maximum absolute atomic E-state index is 12.1. The van der Waals surface area contributed by atoms with E-state index < -0.39 is 5.97 Å². The van der Waals surface area contributed by atoms with Crippen LogP contribution in [-0.2, 0) is 11.8 Å².